The lowest BCUT2D eigenvalue weighted by Gasteiger charge is -2.40. The van der Waals surface area contributed by atoms with Crippen LogP contribution in [-0.4, -0.2) is 19.5 Å². The Kier molecular flexibility index (Phi) is 6.78. The van der Waals surface area contributed by atoms with E-state index in [0.717, 1.165) is 72.7 Å². The molecule has 5 heteroatoms. The van der Waals surface area contributed by atoms with Crippen LogP contribution < -0.4 is 4.74 Å². The van der Waals surface area contributed by atoms with E-state index in [9.17, 15) is 0 Å². The Bertz CT molecular complexity index is 3070. The summed E-state index contributed by atoms with van der Waals surface area (Å²) >= 11 is 0. The van der Waals surface area contributed by atoms with Crippen LogP contribution in [-0.2, 0) is 5.41 Å². The molecule has 0 fully saturated rings. The number of rotatable bonds is 4. The molecule has 57 heavy (non-hydrogen) atoms. The van der Waals surface area contributed by atoms with E-state index in [1.165, 1.54) is 16.3 Å². The Labute approximate surface area is 329 Å². The predicted octanol–water partition coefficient (Wildman–Crippen LogP) is 12.4. The second-order valence-electron chi connectivity index (χ2n) is 14.7. The maximum Gasteiger partial charge on any atom is 0.164 e. The number of hydrogen-bond donors (Lipinski definition) is 0. The lowest BCUT2D eigenvalue weighted by Crippen LogP contribution is -2.33. The molecule has 10 aromatic rings. The molecule has 12 rings (SSSR count). The number of ether oxygens (including phenoxy) is 1. The molecule has 1 aliphatic heterocycles. The molecule has 0 bridgehead atoms. The van der Waals surface area contributed by atoms with Crippen LogP contribution in [0.25, 0.3) is 72.8 Å². The molecule has 5 nitrogen and oxygen atoms in total. The van der Waals surface area contributed by atoms with E-state index in [2.05, 4.69) is 162 Å². The molecule has 0 atom stereocenters. The largest absolute Gasteiger partial charge is 0.457 e. The number of nitrogens with zero attached hydrogens (tertiary/aromatic N) is 4. The average Bonchev–Trinajstić information content (AvgIpc) is 3.78. The van der Waals surface area contributed by atoms with E-state index in [0.29, 0.717) is 17.5 Å². The van der Waals surface area contributed by atoms with Gasteiger partial charge in [0.25, 0.3) is 0 Å². The van der Waals surface area contributed by atoms with Gasteiger partial charge in [-0.2, -0.15) is 0 Å². The van der Waals surface area contributed by atoms with Crippen molar-refractivity contribution in [2.24, 2.45) is 0 Å². The molecule has 0 saturated heterocycles. The van der Waals surface area contributed by atoms with Gasteiger partial charge in [-0.15, -0.1) is 0 Å². The first kappa shape index (κ1) is 31.7. The average molecular weight is 729 g/mol. The van der Waals surface area contributed by atoms with E-state index in [4.69, 9.17) is 19.7 Å². The topological polar surface area (TPSA) is 52.8 Å². The van der Waals surface area contributed by atoms with Gasteiger partial charge in [0, 0.05) is 44.2 Å². The Morgan fingerprint density at radius 2 is 0.860 bits per heavy atom. The summed E-state index contributed by atoms with van der Waals surface area (Å²) in [6.07, 6.45) is 0. The second kappa shape index (κ2) is 12.2. The van der Waals surface area contributed by atoms with Crippen molar-refractivity contribution in [2.75, 3.05) is 0 Å². The quantitative estimate of drug-likeness (QED) is 0.181. The van der Waals surface area contributed by atoms with Gasteiger partial charge in [-0.1, -0.05) is 164 Å². The molecule has 1 aliphatic carbocycles. The van der Waals surface area contributed by atoms with Crippen molar-refractivity contribution in [1.29, 1.82) is 0 Å². The fraction of sp³-hybridized carbons (Fsp3) is 0.0192. The first-order valence-corrected chi connectivity index (χ1v) is 19.3. The van der Waals surface area contributed by atoms with Crippen LogP contribution in [0, 0.1) is 0 Å². The van der Waals surface area contributed by atoms with E-state index in [-0.39, 0.29) is 0 Å². The zero-order valence-electron chi connectivity index (χ0n) is 30.7. The molecule has 0 radical (unpaired) electrons. The summed E-state index contributed by atoms with van der Waals surface area (Å²) in [5, 5.41) is 2.44. The molecule has 2 aromatic heterocycles. The van der Waals surface area contributed by atoms with Crippen molar-refractivity contribution >= 4 is 21.8 Å². The Morgan fingerprint density at radius 3 is 1.47 bits per heavy atom. The molecule has 0 N–H and O–H groups in total. The summed E-state index contributed by atoms with van der Waals surface area (Å²) in [5.74, 6) is 3.57. The van der Waals surface area contributed by atoms with E-state index in [1.54, 1.807) is 0 Å². The maximum atomic E-state index is 6.77. The molecule has 0 saturated carbocycles. The van der Waals surface area contributed by atoms with Crippen LogP contribution in [0.4, 0.5) is 0 Å². The minimum Gasteiger partial charge on any atom is -0.457 e. The zero-order valence-corrected chi connectivity index (χ0v) is 30.7. The van der Waals surface area contributed by atoms with Crippen molar-refractivity contribution < 1.29 is 4.74 Å². The normalized spacial score (nSPS) is 13.2. The molecular formula is C52H32N4O. The van der Waals surface area contributed by atoms with Crippen molar-refractivity contribution in [1.82, 2.24) is 19.5 Å². The highest BCUT2D eigenvalue weighted by Gasteiger charge is 2.53. The van der Waals surface area contributed by atoms with Crippen molar-refractivity contribution in [2.45, 2.75) is 5.41 Å². The summed E-state index contributed by atoms with van der Waals surface area (Å²) in [7, 11) is 0. The highest BCUT2D eigenvalue weighted by molar-refractivity contribution is 6.10. The van der Waals surface area contributed by atoms with E-state index < -0.39 is 5.41 Å². The van der Waals surface area contributed by atoms with Gasteiger partial charge in [0.05, 0.1) is 22.1 Å². The second-order valence-corrected chi connectivity index (χ2v) is 14.7. The Morgan fingerprint density at radius 1 is 0.386 bits per heavy atom. The minimum absolute atomic E-state index is 0.624. The molecule has 3 heterocycles. The summed E-state index contributed by atoms with van der Waals surface area (Å²) in [4.78, 5) is 15.6. The van der Waals surface area contributed by atoms with Crippen molar-refractivity contribution in [3.05, 3.63) is 216 Å². The maximum absolute atomic E-state index is 6.77. The Hall–Kier alpha value is -7.63. The van der Waals surface area contributed by atoms with Crippen LogP contribution >= 0.6 is 0 Å². The molecule has 2 aliphatic rings. The molecule has 0 amide bonds. The summed E-state index contributed by atoms with van der Waals surface area (Å²) < 4.78 is 9.23. The van der Waals surface area contributed by atoms with Gasteiger partial charge in [-0.25, -0.2) is 15.0 Å². The SMILES string of the molecule is c1ccc(-c2nc(-c3ccccc3)nc(-c3cccc4c3-c3cccc(-n5c6ccccc6c6ccccc65)c3C43c4ccccc4Oc4ccccc43)n2)cc1. The van der Waals surface area contributed by atoms with Crippen molar-refractivity contribution in [3.63, 3.8) is 0 Å². The lowest BCUT2D eigenvalue weighted by atomic mass is 9.65. The highest BCUT2D eigenvalue weighted by Crippen LogP contribution is 2.64. The third-order valence-corrected chi connectivity index (χ3v) is 11.7. The molecule has 1 spiro atoms. The van der Waals surface area contributed by atoms with Gasteiger partial charge in [0.1, 0.15) is 11.5 Å². The smallest absolute Gasteiger partial charge is 0.164 e. The first-order chi connectivity index (χ1) is 28.3. The van der Waals surface area contributed by atoms with Gasteiger partial charge in [-0.05, 0) is 47.0 Å². The van der Waals surface area contributed by atoms with Crippen LogP contribution in [0.3, 0.4) is 0 Å². The van der Waals surface area contributed by atoms with E-state index >= 15 is 0 Å². The Balaban J connectivity index is 1.24. The first-order valence-electron chi connectivity index (χ1n) is 19.3. The van der Waals surface area contributed by atoms with Gasteiger partial charge >= 0.3 is 0 Å². The number of para-hydroxylation sites is 4. The summed E-state index contributed by atoms with van der Waals surface area (Å²) in [5.41, 5.74) is 12.3. The third-order valence-electron chi connectivity index (χ3n) is 11.7. The van der Waals surface area contributed by atoms with Crippen molar-refractivity contribution in [3.8, 4) is 62.5 Å². The number of aromatic nitrogens is 4. The van der Waals surface area contributed by atoms with E-state index in [1.807, 2.05) is 36.4 Å². The van der Waals surface area contributed by atoms with Gasteiger partial charge in [-0.3, -0.25) is 0 Å². The van der Waals surface area contributed by atoms with Gasteiger partial charge in [0.15, 0.2) is 17.5 Å². The zero-order chi connectivity index (χ0) is 37.5. The van der Waals surface area contributed by atoms with Crippen LogP contribution in [0.15, 0.2) is 194 Å². The summed E-state index contributed by atoms with van der Waals surface area (Å²) in [6, 6.07) is 68.3. The predicted molar refractivity (Wildman–Crippen MR) is 228 cm³/mol. The minimum atomic E-state index is -0.743. The molecule has 0 unspecified atom stereocenters. The number of hydrogen-bond acceptors (Lipinski definition) is 4. The monoisotopic (exact) mass is 728 g/mol. The fourth-order valence-electron chi connectivity index (χ4n) is 9.47. The van der Waals surface area contributed by atoms with Crippen LogP contribution in [0.1, 0.15) is 22.3 Å². The highest BCUT2D eigenvalue weighted by atomic mass is 16.5. The fourth-order valence-corrected chi connectivity index (χ4v) is 9.47. The number of fused-ring (bicyclic) bond motifs is 12. The van der Waals surface area contributed by atoms with Crippen LogP contribution in [0.2, 0.25) is 0 Å². The molecule has 8 aromatic carbocycles. The van der Waals surface area contributed by atoms with Gasteiger partial charge < -0.3 is 9.30 Å². The third kappa shape index (κ3) is 4.48. The van der Waals surface area contributed by atoms with Gasteiger partial charge in [0.2, 0.25) is 0 Å². The van der Waals surface area contributed by atoms with Crippen LogP contribution in [0.5, 0.6) is 11.5 Å². The number of benzene rings is 8. The standard InChI is InChI=1S/C52H32N4O/c1-3-17-33(18-4-1)49-53-50(34-19-5-2-6-20-34)55-51(54-49)38-24-15-27-41-47(38)37-23-16-30-44(56-42-28-11-7-21-35(42)36-22-8-12-29-43(36)56)48(37)52(41)39-25-9-13-31-45(39)57-46-32-14-10-26-40(46)52/h1-32H. The summed E-state index contributed by atoms with van der Waals surface area (Å²) in [6.45, 7) is 0. The lowest BCUT2D eigenvalue weighted by molar-refractivity contribution is 0.436. The molecular weight excluding hydrogens is 697 g/mol. The molecule has 266 valence electrons.